The van der Waals surface area contributed by atoms with Crippen molar-refractivity contribution in [3.63, 3.8) is 0 Å². The quantitative estimate of drug-likeness (QED) is 0.532. The fourth-order valence-electron chi connectivity index (χ4n) is 3.33. The second-order valence-corrected chi connectivity index (χ2v) is 7.31. The van der Waals surface area contributed by atoms with Crippen LogP contribution >= 0.6 is 0 Å². The number of carbonyl (C=O) groups is 1. The Balaban J connectivity index is 1.75. The zero-order valence-corrected chi connectivity index (χ0v) is 17.4. The van der Waals surface area contributed by atoms with Crippen LogP contribution in [0.1, 0.15) is 29.2 Å². The number of hydrogen-bond acceptors (Lipinski definition) is 3. The fourth-order valence-corrected chi connectivity index (χ4v) is 3.33. The average Bonchev–Trinajstić information content (AvgIpc) is 3.07. The van der Waals surface area contributed by atoms with Gasteiger partial charge in [-0.1, -0.05) is 59.7 Å². The molecule has 1 aliphatic heterocycles. The lowest BCUT2D eigenvalue weighted by molar-refractivity contribution is -0.113. The maximum Gasteiger partial charge on any atom is 0.282 e. The third-order valence-electron chi connectivity index (χ3n) is 4.96. The summed E-state index contributed by atoms with van der Waals surface area (Å²) in [6, 6.07) is 23.6. The molecule has 3 aromatic carbocycles. The van der Waals surface area contributed by atoms with Gasteiger partial charge < -0.3 is 4.74 Å². The predicted octanol–water partition coefficient (Wildman–Crippen LogP) is 5.54. The van der Waals surface area contributed by atoms with Gasteiger partial charge in [0.05, 0.1) is 12.3 Å². The van der Waals surface area contributed by atoms with E-state index in [9.17, 15) is 4.79 Å². The molecule has 4 heteroatoms. The van der Waals surface area contributed by atoms with Gasteiger partial charge in [0.25, 0.3) is 5.91 Å². The number of aryl methyl sites for hydroxylation is 2. The lowest BCUT2D eigenvalue weighted by Gasteiger charge is -2.19. The zero-order chi connectivity index (χ0) is 21.1. The van der Waals surface area contributed by atoms with Crippen molar-refractivity contribution in [3.8, 4) is 5.75 Å². The molecule has 150 valence electrons. The standard InChI is InChI=1S/C26H24N2O2/c1-4-30-23-15-9-20(10-16-23)17-24-26(29)28(22-13-7-19(3)8-14-22)25(27-24)21-11-5-18(2)6-12-21/h5-17H,4H2,1-3H3/b24-17-. The normalized spacial score (nSPS) is 14.9. The molecule has 4 rings (SSSR count). The van der Waals surface area contributed by atoms with E-state index in [2.05, 4.69) is 0 Å². The van der Waals surface area contributed by atoms with Crippen LogP contribution < -0.4 is 9.64 Å². The number of ether oxygens (including phenoxy) is 1. The number of benzene rings is 3. The predicted molar refractivity (Wildman–Crippen MR) is 122 cm³/mol. The Morgan fingerprint density at radius 3 is 2.07 bits per heavy atom. The molecule has 0 unspecified atom stereocenters. The SMILES string of the molecule is CCOc1ccc(/C=C2\N=C(c3ccc(C)cc3)N(c3ccc(C)cc3)C2=O)cc1. The van der Waals surface area contributed by atoms with Crippen LogP contribution in [-0.4, -0.2) is 18.3 Å². The van der Waals surface area contributed by atoms with Crippen molar-refractivity contribution in [2.24, 2.45) is 4.99 Å². The first kappa shape index (κ1) is 19.6. The summed E-state index contributed by atoms with van der Waals surface area (Å²) in [7, 11) is 0. The Morgan fingerprint density at radius 1 is 0.867 bits per heavy atom. The molecule has 0 fully saturated rings. The molecule has 4 nitrogen and oxygen atoms in total. The number of rotatable bonds is 5. The molecule has 0 saturated carbocycles. The lowest BCUT2D eigenvalue weighted by atomic mass is 10.1. The topological polar surface area (TPSA) is 41.9 Å². The maximum atomic E-state index is 13.3. The Labute approximate surface area is 177 Å². The van der Waals surface area contributed by atoms with Crippen LogP contribution in [0, 0.1) is 13.8 Å². The van der Waals surface area contributed by atoms with E-state index in [1.807, 2.05) is 99.6 Å². The Bertz CT molecular complexity index is 1110. The van der Waals surface area contributed by atoms with Crippen molar-refractivity contribution < 1.29 is 9.53 Å². The molecule has 0 atom stereocenters. The van der Waals surface area contributed by atoms with Gasteiger partial charge in [-0.3, -0.25) is 9.69 Å². The highest BCUT2D eigenvalue weighted by molar-refractivity contribution is 6.33. The monoisotopic (exact) mass is 396 g/mol. The average molecular weight is 396 g/mol. The van der Waals surface area contributed by atoms with E-state index in [1.54, 1.807) is 4.90 Å². The summed E-state index contributed by atoms with van der Waals surface area (Å²) >= 11 is 0. The molecule has 0 N–H and O–H groups in total. The van der Waals surface area contributed by atoms with Gasteiger partial charge in [-0.15, -0.1) is 0 Å². The van der Waals surface area contributed by atoms with Gasteiger partial charge in [0.15, 0.2) is 0 Å². The Hall–Kier alpha value is -3.66. The molecular formula is C26H24N2O2. The number of hydrogen-bond donors (Lipinski definition) is 0. The number of amidine groups is 1. The van der Waals surface area contributed by atoms with E-state index in [0.717, 1.165) is 33.7 Å². The summed E-state index contributed by atoms with van der Waals surface area (Å²) in [6.45, 7) is 6.64. The van der Waals surface area contributed by atoms with Crippen molar-refractivity contribution in [1.29, 1.82) is 0 Å². The molecule has 0 aliphatic carbocycles. The van der Waals surface area contributed by atoms with E-state index < -0.39 is 0 Å². The van der Waals surface area contributed by atoms with Gasteiger partial charge in [-0.25, -0.2) is 4.99 Å². The number of nitrogens with zero attached hydrogens (tertiary/aromatic N) is 2. The largest absolute Gasteiger partial charge is 0.494 e. The summed E-state index contributed by atoms with van der Waals surface area (Å²) in [6.07, 6.45) is 1.82. The van der Waals surface area contributed by atoms with Crippen molar-refractivity contribution in [2.75, 3.05) is 11.5 Å². The first-order chi connectivity index (χ1) is 14.5. The number of aliphatic imine (C=N–C) groups is 1. The highest BCUT2D eigenvalue weighted by Crippen LogP contribution is 2.28. The van der Waals surface area contributed by atoms with Gasteiger partial charge in [-0.05, 0) is 56.7 Å². The molecule has 0 bridgehead atoms. The minimum Gasteiger partial charge on any atom is -0.494 e. The van der Waals surface area contributed by atoms with Gasteiger partial charge in [0.1, 0.15) is 17.3 Å². The first-order valence-electron chi connectivity index (χ1n) is 10.1. The van der Waals surface area contributed by atoms with Crippen molar-refractivity contribution in [3.05, 3.63) is 101 Å². The van der Waals surface area contributed by atoms with E-state index >= 15 is 0 Å². The molecule has 0 saturated heterocycles. The van der Waals surface area contributed by atoms with Crippen LogP contribution in [0.15, 0.2) is 83.5 Å². The molecule has 0 radical (unpaired) electrons. The van der Waals surface area contributed by atoms with Crippen LogP contribution in [0.25, 0.3) is 6.08 Å². The highest BCUT2D eigenvalue weighted by Gasteiger charge is 2.32. The van der Waals surface area contributed by atoms with Crippen molar-refractivity contribution >= 4 is 23.5 Å². The van der Waals surface area contributed by atoms with E-state index in [4.69, 9.17) is 9.73 Å². The number of amides is 1. The van der Waals surface area contributed by atoms with Gasteiger partial charge in [0.2, 0.25) is 0 Å². The van der Waals surface area contributed by atoms with Crippen LogP contribution in [0.4, 0.5) is 5.69 Å². The summed E-state index contributed by atoms with van der Waals surface area (Å²) in [5.41, 5.74) is 5.33. The zero-order valence-electron chi connectivity index (χ0n) is 17.4. The second-order valence-electron chi connectivity index (χ2n) is 7.31. The van der Waals surface area contributed by atoms with Crippen LogP contribution in [0.5, 0.6) is 5.75 Å². The third kappa shape index (κ3) is 4.03. The smallest absolute Gasteiger partial charge is 0.282 e. The van der Waals surface area contributed by atoms with Crippen LogP contribution in [-0.2, 0) is 4.79 Å². The summed E-state index contributed by atoms with van der Waals surface area (Å²) in [4.78, 5) is 19.7. The van der Waals surface area contributed by atoms with Crippen molar-refractivity contribution in [2.45, 2.75) is 20.8 Å². The number of carbonyl (C=O) groups excluding carboxylic acids is 1. The summed E-state index contributed by atoms with van der Waals surface area (Å²) in [5, 5.41) is 0. The molecule has 3 aromatic rings. The Kier molecular flexibility index (Phi) is 5.48. The van der Waals surface area contributed by atoms with E-state index in [1.165, 1.54) is 0 Å². The molecule has 1 aliphatic rings. The first-order valence-corrected chi connectivity index (χ1v) is 10.1. The molecule has 0 aromatic heterocycles. The fraction of sp³-hybridized carbons (Fsp3) is 0.154. The molecule has 1 heterocycles. The van der Waals surface area contributed by atoms with Gasteiger partial charge in [-0.2, -0.15) is 0 Å². The summed E-state index contributed by atoms with van der Waals surface area (Å²) in [5.74, 6) is 1.31. The third-order valence-corrected chi connectivity index (χ3v) is 4.96. The molecular weight excluding hydrogens is 372 g/mol. The van der Waals surface area contributed by atoms with Gasteiger partial charge in [0, 0.05) is 5.56 Å². The Morgan fingerprint density at radius 2 is 1.47 bits per heavy atom. The van der Waals surface area contributed by atoms with Crippen LogP contribution in [0.2, 0.25) is 0 Å². The molecule has 1 amide bonds. The summed E-state index contributed by atoms with van der Waals surface area (Å²) < 4.78 is 5.50. The minimum absolute atomic E-state index is 0.136. The lowest BCUT2D eigenvalue weighted by Crippen LogP contribution is -2.32. The second kappa shape index (κ2) is 8.37. The molecule has 30 heavy (non-hydrogen) atoms. The minimum atomic E-state index is -0.136. The van der Waals surface area contributed by atoms with E-state index in [0.29, 0.717) is 18.1 Å². The van der Waals surface area contributed by atoms with Crippen LogP contribution in [0.3, 0.4) is 0 Å². The highest BCUT2D eigenvalue weighted by atomic mass is 16.5. The molecule has 0 spiro atoms. The maximum absolute atomic E-state index is 13.3. The van der Waals surface area contributed by atoms with Crippen molar-refractivity contribution in [1.82, 2.24) is 0 Å². The van der Waals surface area contributed by atoms with E-state index in [-0.39, 0.29) is 5.91 Å². The van der Waals surface area contributed by atoms with Gasteiger partial charge >= 0.3 is 0 Å². The number of anilines is 1.